The van der Waals surface area contributed by atoms with E-state index in [1.165, 1.54) is 19.3 Å². The normalized spacial score (nSPS) is 21.4. The number of hydrogen-bond acceptors (Lipinski definition) is 2. The molecule has 1 saturated heterocycles. The molecule has 0 radical (unpaired) electrons. The molecule has 120 valence electrons. The van der Waals surface area contributed by atoms with E-state index in [9.17, 15) is 9.59 Å². The highest BCUT2D eigenvalue weighted by molar-refractivity contribution is 5.78. The van der Waals surface area contributed by atoms with Crippen molar-refractivity contribution in [2.24, 2.45) is 5.92 Å². The zero-order chi connectivity index (χ0) is 15.2. The maximum Gasteiger partial charge on any atom is 0.315 e. The van der Waals surface area contributed by atoms with Gasteiger partial charge >= 0.3 is 6.03 Å². The lowest BCUT2D eigenvalue weighted by molar-refractivity contribution is -0.135. The van der Waals surface area contributed by atoms with Crippen molar-refractivity contribution in [2.45, 2.75) is 70.9 Å². The molecule has 0 spiro atoms. The molecule has 2 rings (SSSR count). The van der Waals surface area contributed by atoms with Crippen LogP contribution >= 0.6 is 0 Å². The Balaban J connectivity index is 1.68. The van der Waals surface area contributed by atoms with Crippen LogP contribution in [0.5, 0.6) is 0 Å². The van der Waals surface area contributed by atoms with Gasteiger partial charge in [0.05, 0.1) is 0 Å². The molecule has 1 aliphatic heterocycles. The summed E-state index contributed by atoms with van der Waals surface area (Å²) in [6.45, 7) is 5.38. The van der Waals surface area contributed by atoms with Crippen LogP contribution in [0.3, 0.4) is 0 Å². The zero-order valence-electron chi connectivity index (χ0n) is 13.4. The molecule has 0 aromatic rings. The summed E-state index contributed by atoms with van der Waals surface area (Å²) in [5, 5.41) is 6.15. The molecule has 21 heavy (non-hydrogen) atoms. The maximum absolute atomic E-state index is 12.0. The Morgan fingerprint density at radius 2 is 1.43 bits per heavy atom. The van der Waals surface area contributed by atoms with Crippen LogP contribution in [-0.4, -0.2) is 42.0 Å². The van der Waals surface area contributed by atoms with E-state index < -0.39 is 0 Å². The molecular formula is C16H29N3O2. The van der Waals surface area contributed by atoms with Crippen molar-refractivity contribution in [1.82, 2.24) is 15.5 Å². The molecule has 2 aliphatic rings. The summed E-state index contributed by atoms with van der Waals surface area (Å²) in [6, 6.07) is 0.515. The number of likely N-dealkylation sites (tertiary alicyclic amines) is 1. The number of nitrogens with one attached hydrogen (secondary N) is 2. The van der Waals surface area contributed by atoms with Gasteiger partial charge in [-0.25, -0.2) is 4.79 Å². The molecule has 5 heteroatoms. The van der Waals surface area contributed by atoms with E-state index in [-0.39, 0.29) is 23.9 Å². The highest BCUT2D eigenvalue weighted by atomic mass is 16.2. The summed E-state index contributed by atoms with van der Waals surface area (Å²) < 4.78 is 0. The van der Waals surface area contributed by atoms with Crippen LogP contribution in [0.15, 0.2) is 0 Å². The Labute approximate surface area is 127 Å². The summed E-state index contributed by atoms with van der Waals surface area (Å²) in [4.78, 5) is 25.8. The van der Waals surface area contributed by atoms with Gasteiger partial charge in [-0.3, -0.25) is 4.79 Å². The molecule has 0 aromatic carbocycles. The van der Waals surface area contributed by atoms with Gasteiger partial charge < -0.3 is 15.5 Å². The fraction of sp³-hybridized carbons (Fsp3) is 0.875. The highest BCUT2D eigenvalue weighted by Crippen LogP contribution is 2.17. The quantitative estimate of drug-likeness (QED) is 0.839. The van der Waals surface area contributed by atoms with Gasteiger partial charge in [0.25, 0.3) is 0 Å². The lowest BCUT2D eigenvalue weighted by Gasteiger charge is -2.34. The van der Waals surface area contributed by atoms with Crippen molar-refractivity contribution in [2.75, 3.05) is 13.1 Å². The van der Waals surface area contributed by atoms with Gasteiger partial charge in [0.2, 0.25) is 5.91 Å². The summed E-state index contributed by atoms with van der Waals surface area (Å²) in [5.41, 5.74) is 0. The van der Waals surface area contributed by atoms with E-state index >= 15 is 0 Å². The first-order valence-corrected chi connectivity index (χ1v) is 8.42. The third-order valence-electron chi connectivity index (χ3n) is 4.58. The SMILES string of the molecule is CC(C)C(=O)N1CCC(NC(=O)NC2CCCCC2)CC1. The molecular weight excluding hydrogens is 266 g/mol. The number of urea groups is 1. The Hall–Kier alpha value is -1.26. The van der Waals surface area contributed by atoms with Crippen molar-refractivity contribution >= 4 is 11.9 Å². The third-order valence-corrected chi connectivity index (χ3v) is 4.58. The molecule has 3 amide bonds. The minimum absolute atomic E-state index is 0.0319. The van der Waals surface area contributed by atoms with Crippen LogP contribution in [0, 0.1) is 5.92 Å². The van der Waals surface area contributed by atoms with Crippen molar-refractivity contribution in [1.29, 1.82) is 0 Å². The maximum atomic E-state index is 12.0. The first-order chi connectivity index (χ1) is 10.1. The topological polar surface area (TPSA) is 61.4 Å². The van der Waals surface area contributed by atoms with Crippen molar-refractivity contribution in [3.8, 4) is 0 Å². The van der Waals surface area contributed by atoms with Gasteiger partial charge in [-0.1, -0.05) is 33.1 Å². The van der Waals surface area contributed by atoms with Crippen molar-refractivity contribution in [3.05, 3.63) is 0 Å². The molecule has 0 unspecified atom stereocenters. The van der Waals surface area contributed by atoms with Crippen molar-refractivity contribution < 1.29 is 9.59 Å². The first-order valence-electron chi connectivity index (χ1n) is 8.42. The Morgan fingerprint density at radius 1 is 0.905 bits per heavy atom. The summed E-state index contributed by atoms with van der Waals surface area (Å²) in [5.74, 6) is 0.282. The third kappa shape index (κ3) is 4.90. The van der Waals surface area contributed by atoms with Crippen LogP contribution < -0.4 is 10.6 Å². The molecule has 2 fully saturated rings. The predicted molar refractivity (Wildman–Crippen MR) is 83.0 cm³/mol. The number of nitrogens with zero attached hydrogens (tertiary/aromatic N) is 1. The molecule has 0 atom stereocenters. The number of amides is 3. The van der Waals surface area contributed by atoms with Crippen LogP contribution in [0.1, 0.15) is 58.8 Å². The number of carbonyl (C=O) groups excluding carboxylic acids is 2. The number of hydrogen-bond donors (Lipinski definition) is 2. The first kappa shape index (κ1) is 16.1. The van der Waals surface area contributed by atoms with E-state index in [0.29, 0.717) is 6.04 Å². The fourth-order valence-electron chi connectivity index (χ4n) is 3.27. The van der Waals surface area contributed by atoms with Crippen LogP contribution in [0.25, 0.3) is 0 Å². The second kappa shape index (κ2) is 7.66. The molecule has 0 bridgehead atoms. The van der Waals surface area contributed by atoms with E-state index in [2.05, 4.69) is 10.6 Å². The van der Waals surface area contributed by atoms with Gasteiger partial charge in [-0.05, 0) is 25.7 Å². The van der Waals surface area contributed by atoms with Gasteiger partial charge in [-0.15, -0.1) is 0 Å². The highest BCUT2D eigenvalue weighted by Gasteiger charge is 2.25. The van der Waals surface area contributed by atoms with Gasteiger partial charge in [0.15, 0.2) is 0 Å². The Kier molecular flexibility index (Phi) is 5.88. The fourth-order valence-corrected chi connectivity index (χ4v) is 3.27. The molecule has 1 heterocycles. The molecule has 1 saturated carbocycles. The minimum atomic E-state index is -0.0319. The lowest BCUT2D eigenvalue weighted by Crippen LogP contribution is -2.51. The largest absolute Gasteiger partial charge is 0.342 e. The second-order valence-corrected chi connectivity index (χ2v) is 6.71. The van der Waals surface area contributed by atoms with E-state index in [4.69, 9.17) is 0 Å². The van der Waals surface area contributed by atoms with Gasteiger partial charge in [-0.2, -0.15) is 0 Å². The zero-order valence-corrected chi connectivity index (χ0v) is 13.4. The summed E-state index contributed by atoms with van der Waals surface area (Å²) >= 11 is 0. The standard InChI is InChI=1S/C16H29N3O2/c1-12(2)15(20)19-10-8-14(9-11-19)18-16(21)17-13-6-4-3-5-7-13/h12-14H,3-11H2,1-2H3,(H2,17,18,21). The molecule has 1 aliphatic carbocycles. The summed E-state index contributed by atoms with van der Waals surface area (Å²) in [7, 11) is 0. The lowest BCUT2D eigenvalue weighted by atomic mass is 9.96. The van der Waals surface area contributed by atoms with Crippen molar-refractivity contribution in [3.63, 3.8) is 0 Å². The number of piperidine rings is 1. The average Bonchev–Trinajstić information content (AvgIpc) is 2.48. The van der Waals surface area contributed by atoms with Crippen LogP contribution in [-0.2, 0) is 4.79 Å². The molecule has 5 nitrogen and oxygen atoms in total. The monoisotopic (exact) mass is 295 g/mol. The smallest absolute Gasteiger partial charge is 0.315 e. The number of rotatable bonds is 3. The molecule has 0 aromatic heterocycles. The predicted octanol–water partition coefficient (Wildman–Crippen LogP) is 2.27. The van der Waals surface area contributed by atoms with Gasteiger partial charge in [0.1, 0.15) is 0 Å². The Morgan fingerprint density at radius 3 is 1.95 bits per heavy atom. The second-order valence-electron chi connectivity index (χ2n) is 6.71. The van der Waals surface area contributed by atoms with Crippen LogP contribution in [0.2, 0.25) is 0 Å². The number of carbonyl (C=O) groups is 2. The van der Waals surface area contributed by atoms with E-state index in [1.54, 1.807) is 0 Å². The summed E-state index contributed by atoms with van der Waals surface area (Å²) in [6.07, 6.45) is 7.67. The minimum Gasteiger partial charge on any atom is -0.342 e. The van der Waals surface area contributed by atoms with E-state index in [1.807, 2.05) is 18.7 Å². The van der Waals surface area contributed by atoms with E-state index in [0.717, 1.165) is 38.8 Å². The molecule has 2 N–H and O–H groups in total. The van der Waals surface area contributed by atoms with Crippen LogP contribution in [0.4, 0.5) is 4.79 Å². The average molecular weight is 295 g/mol. The van der Waals surface area contributed by atoms with Gasteiger partial charge in [0, 0.05) is 31.1 Å². The Bertz CT molecular complexity index is 357.